The quantitative estimate of drug-likeness (QED) is 0.677. The smallest absolute Gasteiger partial charge is 0.414 e. The molecule has 166 valence electrons. The van der Waals surface area contributed by atoms with Gasteiger partial charge < -0.3 is 24.6 Å². The van der Waals surface area contributed by atoms with Gasteiger partial charge in [-0.1, -0.05) is 36.4 Å². The van der Waals surface area contributed by atoms with Gasteiger partial charge in [0.25, 0.3) is 0 Å². The van der Waals surface area contributed by atoms with Crippen molar-refractivity contribution in [3.05, 3.63) is 59.7 Å². The number of hydrogen-bond acceptors (Lipinski definition) is 6. The third kappa shape index (κ3) is 7.27. The summed E-state index contributed by atoms with van der Waals surface area (Å²) in [6.07, 6.45) is 2.42. The number of carboxylic acid groups (broad SMARTS) is 2. The molecule has 2 heterocycles. The summed E-state index contributed by atoms with van der Waals surface area (Å²) in [5.74, 6) is -1.89. The predicted octanol–water partition coefficient (Wildman–Crippen LogP) is 2.32. The van der Waals surface area contributed by atoms with Crippen LogP contribution in [0.15, 0.2) is 48.5 Å². The molecule has 0 atom stereocenters. The molecule has 2 aromatic rings. The fourth-order valence-corrected chi connectivity index (χ4v) is 3.62. The third-order valence-corrected chi connectivity index (χ3v) is 5.27. The van der Waals surface area contributed by atoms with Crippen molar-refractivity contribution in [3.63, 3.8) is 0 Å². The Morgan fingerprint density at radius 3 is 2.13 bits per heavy atom. The normalized spacial score (nSPS) is 15.7. The molecule has 1 saturated heterocycles. The second kappa shape index (κ2) is 11.3. The highest BCUT2D eigenvalue weighted by Crippen LogP contribution is 2.32. The van der Waals surface area contributed by atoms with Crippen LogP contribution in [0.2, 0.25) is 0 Å². The maximum atomic E-state index is 9.10. The van der Waals surface area contributed by atoms with E-state index in [1.807, 2.05) is 6.07 Å². The Labute approximate surface area is 181 Å². The van der Waals surface area contributed by atoms with Gasteiger partial charge in [-0.25, -0.2) is 9.59 Å². The van der Waals surface area contributed by atoms with Crippen LogP contribution in [0.4, 0.5) is 0 Å². The van der Waals surface area contributed by atoms with E-state index in [4.69, 9.17) is 29.3 Å². The van der Waals surface area contributed by atoms with Crippen LogP contribution in [0.5, 0.6) is 11.5 Å². The average molecular weight is 428 g/mol. The van der Waals surface area contributed by atoms with Crippen LogP contribution in [-0.4, -0.2) is 71.5 Å². The summed E-state index contributed by atoms with van der Waals surface area (Å²) in [6.45, 7) is 7.15. The van der Waals surface area contributed by atoms with Gasteiger partial charge in [-0.05, 0) is 42.6 Å². The van der Waals surface area contributed by atoms with E-state index >= 15 is 0 Å². The van der Waals surface area contributed by atoms with Crippen LogP contribution in [0.1, 0.15) is 17.5 Å². The van der Waals surface area contributed by atoms with Gasteiger partial charge in [0.2, 0.25) is 6.79 Å². The van der Waals surface area contributed by atoms with Crippen molar-refractivity contribution in [1.29, 1.82) is 0 Å². The van der Waals surface area contributed by atoms with Gasteiger partial charge in [-0.3, -0.25) is 4.90 Å². The summed E-state index contributed by atoms with van der Waals surface area (Å²) < 4.78 is 10.9. The Morgan fingerprint density at radius 1 is 0.806 bits per heavy atom. The Balaban J connectivity index is 0.000000401. The zero-order chi connectivity index (χ0) is 22.1. The Kier molecular flexibility index (Phi) is 8.26. The molecular weight excluding hydrogens is 400 g/mol. The zero-order valence-electron chi connectivity index (χ0n) is 17.4. The molecule has 1 fully saturated rings. The number of nitrogens with zero attached hydrogens (tertiary/aromatic N) is 2. The maximum Gasteiger partial charge on any atom is 0.414 e. The van der Waals surface area contributed by atoms with E-state index in [-0.39, 0.29) is 0 Å². The van der Waals surface area contributed by atoms with Crippen molar-refractivity contribution >= 4 is 11.9 Å². The number of ether oxygens (including phenoxy) is 2. The molecule has 0 spiro atoms. The number of piperazine rings is 1. The van der Waals surface area contributed by atoms with Crippen LogP contribution in [0.3, 0.4) is 0 Å². The molecule has 2 aliphatic heterocycles. The first kappa shape index (κ1) is 22.6. The second-order valence-electron chi connectivity index (χ2n) is 7.50. The first-order valence-electron chi connectivity index (χ1n) is 10.3. The highest BCUT2D eigenvalue weighted by atomic mass is 16.7. The van der Waals surface area contributed by atoms with Gasteiger partial charge in [0.15, 0.2) is 11.5 Å². The number of hydrogen-bond donors (Lipinski definition) is 2. The molecule has 0 bridgehead atoms. The van der Waals surface area contributed by atoms with Crippen LogP contribution in [0.25, 0.3) is 0 Å². The van der Waals surface area contributed by atoms with Gasteiger partial charge in [0.1, 0.15) is 0 Å². The van der Waals surface area contributed by atoms with E-state index in [0.29, 0.717) is 6.79 Å². The van der Waals surface area contributed by atoms with Crippen LogP contribution < -0.4 is 9.47 Å². The molecule has 31 heavy (non-hydrogen) atoms. The molecule has 2 aromatic carbocycles. The predicted molar refractivity (Wildman–Crippen MR) is 114 cm³/mol. The molecule has 0 amide bonds. The van der Waals surface area contributed by atoms with Crippen molar-refractivity contribution in [2.24, 2.45) is 0 Å². The number of aliphatic carboxylic acids is 2. The topological polar surface area (TPSA) is 99.5 Å². The van der Waals surface area contributed by atoms with E-state index in [1.54, 1.807) is 0 Å². The van der Waals surface area contributed by atoms with Crippen LogP contribution in [0, 0.1) is 0 Å². The fraction of sp³-hybridized carbons (Fsp3) is 0.391. The SMILES string of the molecule is O=C(O)C(=O)O.c1ccc(CCCN2CCN(Cc3ccc4c(c3)OCO4)CC2)cc1. The minimum atomic E-state index is -1.82. The molecule has 2 aliphatic rings. The van der Waals surface area contributed by atoms with Crippen molar-refractivity contribution in [2.45, 2.75) is 19.4 Å². The van der Waals surface area contributed by atoms with E-state index in [9.17, 15) is 0 Å². The van der Waals surface area contributed by atoms with Crippen LogP contribution in [-0.2, 0) is 22.6 Å². The molecule has 8 heteroatoms. The first-order valence-corrected chi connectivity index (χ1v) is 10.3. The summed E-state index contributed by atoms with van der Waals surface area (Å²) in [4.78, 5) is 23.3. The third-order valence-electron chi connectivity index (χ3n) is 5.27. The van der Waals surface area contributed by atoms with Crippen molar-refractivity contribution in [3.8, 4) is 11.5 Å². The van der Waals surface area contributed by atoms with Crippen LogP contribution >= 0.6 is 0 Å². The largest absolute Gasteiger partial charge is 0.473 e. The standard InChI is InChI=1S/C21H26N2O2.C2H2O4/c1-2-5-18(6-3-1)7-4-10-22-11-13-23(14-12-22)16-19-8-9-20-21(15-19)25-17-24-20;3-1(4)2(5)6/h1-3,5-6,8-9,15H,4,7,10-14,16-17H2;(H,3,4)(H,5,6). The summed E-state index contributed by atoms with van der Waals surface area (Å²) >= 11 is 0. The van der Waals surface area contributed by atoms with Gasteiger partial charge in [-0.2, -0.15) is 0 Å². The number of carbonyl (C=O) groups is 2. The highest BCUT2D eigenvalue weighted by Gasteiger charge is 2.18. The van der Waals surface area contributed by atoms with Crippen molar-refractivity contribution in [2.75, 3.05) is 39.5 Å². The first-order chi connectivity index (χ1) is 15.0. The number of aryl methyl sites for hydroxylation is 1. The molecule has 0 aromatic heterocycles. The summed E-state index contributed by atoms with van der Waals surface area (Å²) in [5.41, 5.74) is 2.76. The van der Waals surface area contributed by atoms with E-state index in [1.165, 1.54) is 43.6 Å². The summed E-state index contributed by atoms with van der Waals surface area (Å²) in [5, 5.41) is 14.8. The molecule has 0 radical (unpaired) electrons. The molecular formula is C23H28N2O6. The minimum Gasteiger partial charge on any atom is -0.473 e. The molecule has 0 aliphatic carbocycles. The molecule has 8 nitrogen and oxygen atoms in total. The maximum absolute atomic E-state index is 9.10. The van der Waals surface area contributed by atoms with E-state index < -0.39 is 11.9 Å². The summed E-state index contributed by atoms with van der Waals surface area (Å²) in [7, 11) is 0. The van der Waals surface area contributed by atoms with Crippen molar-refractivity contribution < 1.29 is 29.3 Å². The Morgan fingerprint density at radius 2 is 1.45 bits per heavy atom. The molecule has 0 unspecified atom stereocenters. The van der Waals surface area contributed by atoms with Gasteiger partial charge in [0.05, 0.1) is 0 Å². The number of carboxylic acids is 2. The van der Waals surface area contributed by atoms with E-state index in [2.05, 4.69) is 52.3 Å². The highest BCUT2D eigenvalue weighted by molar-refractivity contribution is 6.27. The Bertz CT molecular complexity index is 854. The Hall–Kier alpha value is -3.10. The summed E-state index contributed by atoms with van der Waals surface area (Å²) in [6, 6.07) is 17.1. The van der Waals surface area contributed by atoms with Gasteiger partial charge in [0, 0.05) is 32.7 Å². The lowest BCUT2D eigenvalue weighted by molar-refractivity contribution is -0.159. The monoisotopic (exact) mass is 428 g/mol. The number of fused-ring (bicyclic) bond motifs is 1. The number of rotatable bonds is 6. The van der Waals surface area contributed by atoms with Gasteiger partial charge >= 0.3 is 11.9 Å². The zero-order valence-corrected chi connectivity index (χ0v) is 17.4. The molecule has 4 rings (SSSR count). The number of benzene rings is 2. The average Bonchev–Trinajstić information content (AvgIpc) is 3.24. The fourth-order valence-electron chi connectivity index (χ4n) is 3.62. The van der Waals surface area contributed by atoms with Crippen molar-refractivity contribution in [1.82, 2.24) is 9.80 Å². The lowest BCUT2D eigenvalue weighted by atomic mass is 10.1. The molecule has 0 saturated carbocycles. The second-order valence-corrected chi connectivity index (χ2v) is 7.50. The molecule has 2 N–H and O–H groups in total. The lowest BCUT2D eigenvalue weighted by Crippen LogP contribution is -2.46. The minimum absolute atomic E-state index is 0.348. The lowest BCUT2D eigenvalue weighted by Gasteiger charge is -2.34. The van der Waals surface area contributed by atoms with E-state index in [0.717, 1.165) is 31.1 Å². The van der Waals surface area contributed by atoms with Gasteiger partial charge in [-0.15, -0.1) is 0 Å².